The molecule has 282 valence electrons. The van der Waals surface area contributed by atoms with Gasteiger partial charge in [-0.3, -0.25) is 0 Å². The molecule has 0 spiro atoms. The van der Waals surface area contributed by atoms with Crippen LogP contribution >= 0.6 is 0 Å². The Bertz CT molecular complexity index is 3790. The molecule has 0 saturated carbocycles. The molecule has 1 atom stereocenters. The van der Waals surface area contributed by atoms with E-state index in [0.717, 1.165) is 111 Å². The van der Waals surface area contributed by atoms with Crippen molar-refractivity contribution in [3.05, 3.63) is 169 Å². The lowest BCUT2D eigenvalue weighted by Gasteiger charge is -2.13. The smallest absolute Gasteiger partial charge is 0.164 e. The lowest BCUT2D eigenvalue weighted by atomic mass is 9.91. The zero-order chi connectivity index (χ0) is 39.5. The maximum Gasteiger partial charge on any atom is 0.164 e. The van der Waals surface area contributed by atoms with Crippen molar-refractivity contribution in [1.82, 2.24) is 15.0 Å². The van der Waals surface area contributed by atoms with Gasteiger partial charge >= 0.3 is 0 Å². The molecule has 0 radical (unpaired) electrons. The maximum absolute atomic E-state index is 6.68. The minimum absolute atomic E-state index is 0.418. The normalized spacial score (nSPS) is 14.1. The van der Waals surface area contributed by atoms with E-state index in [9.17, 15) is 0 Å². The van der Waals surface area contributed by atoms with E-state index in [1.54, 1.807) is 0 Å². The van der Waals surface area contributed by atoms with Crippen molar-refractivity contribution >= 4 is 82.5 Å². The Morgan fingerprint density at radius 2 is 1.07 bits per heavy atom. The summed E-state index contributed by atoms with van der Waals surface area (Å²) in [6.07, 6.45) is 5.36. The first-order valence-electron chi connectivity index (χ1n) is 20.4. The van der Waals surface area contributed by atoms with Crippen LogP contribution in [0, 0.1) is 5.92 Å². The summed E-state index contributed by atoms with van der Waals surface area (Å²) in [5, 5.41) is 9.77. The summed E-state index contributed by atoms with van der Waals surface area (Å²) in [4.78, 5) is 16.0. The molecule has 0 fully saturated rings. The summed E-state index contributed by atoms with van der Waals surface area (Å²) in [5.74, 6) is 3.14. The first-order valence-corrected chi connectivity index (χ1v) is 20.4. The predicted octanol–water partition coefficient (Wildman–Crippen LogP) is 14.6. The van der Waals surface area contributed by atoms with Crippen LogP contribution in [0.5, 0.6) is 0 Å². The number of furan rings is 3. The highest BCUT2D eigenvalue weighted by Crippen LogP contribution is 2.44. The molecule has 4 aromatic heterocycles. The Hall–Kier alpha value is -7.83. The Kier molecular flexibility index (Phi) is 6.96. The molecule has 8 aromatic carbocycles. The molecule has 0 amide bonds. The van der Waals surface area contributed by atoms with Gasteiger partial charge in [0.15, 0.2) is 17.5 Å². The molecule has 1 aliphatic rings. The number of nitrogens with zero attached hydrogens (tertiary/aromatic N) is 3. The third-order valence-electron chi connectivity index (χ3n) is 12.2. The lowest BCUT2D eigenvalue weighted by molar-refractivity contribution is 0.513. The van der Waals surface area contributed by atoms with Crippen LogP contribution in [0.15, 0.2) is 171 Å². The van der Waals surface area contributed by atoms with Gasteiger partial charge in [0.05, 0.1) is 0 Å². The number of hydrogen-bond acceptors (Lipinski definition) is 6. The summed E-state index contributed by atoms with van der Waals surface area (Å²) in [5.41, 5.74) is 9.91. The van der Waals surface area contributed by atoms with Crippen molar-refractivity contribution in [3.63, 3.8) is 0 Å². The minimum Gasteiger partial charge on any atom is -0.460 e. The van der Waals surface area contributed by atoms with E-state index in [1.807, 2.05) is 42.5 Å². The molecule has 60 heavy (non-hydrogen) atoms. The zero-order valence-corrected chi connectivity index (χ0v) is 32.4. The van der Waals surface area contributed by atoms with Crippen LogP contribution < -0.4 is 0 Å². The van der Waals surface area contributed by atoms with E-state index in [1.165, 1.54) is 10.8 Å². The van der Waals surface area contributed by atoms with Crippen LogP contribution in [0.1, 0.15) is 18.2 Å². The molecule has 6 nitrogen and oxygen atoms in total. The van der Waals surface area contributed by atoms with Crippen molar-refractivity contribution in [1.29, 1.82) is 0 Å². The second-order valence-corrected chi connectivity index (χ2v) is 16.0. The molecule has 1 aliphatic carbocycles. The fourth-order valence-electron chi connectivity index (χ4n) is 9.36. The third kappa shape index (κ3) is 5.04. The van der Waals surface area contributed by atoms with Crippen molar-refractivity contribution in [2.75, 3.05) is 0 Å². The molecule has 0 saturated heterocycles. The fourth-order valence-corrected chi connectivity index (χ4v) is 9.36. The van der Waals surface area contributed by atoms with Gasteiger partial charge in [0.1, 0.15) is 33.7 Å². The van der Waals surface area contributed by atoms with Crippen LogP contribution in [0.2, 0.25) is 0 Å². The average Bonchev–Trinajstić information content (AvgIpc) is 3.99. The summed E-state index contributed by atoms with van der Waals surface area (Å²) in [6, 6.07) is 52.5. The molecule has 4 heterocycles. The van der Waals surface area contributed by atoms with Crippen LogP contribution in [0.25, 0.3) is 128 Å². The second kappa shape index (κ2) is 12.6. The molecule has 6 heteroatoms. The zero-order valence-electron chi connectivity index (χ0n) is 32.4. The molecular weight excluding hydrogens is 739 g/mol. The lowest BCUT2D eigenvalue weighted by Crippen LogP contribution is -2.01. The Morgan fingerprint density at radius 3 is 1.92 bits per heavy atom. The second-order valence-electron chi connectivity index (χ2n) is 16.0. The SMILES string of the molecule is CC1C=Cc2c(oc3cccc(-c4cc(-c5nc(-c6ccc7ccc8ccccc8c7c6)nc(-c6ccc7oc8ccccc8c7c6)n5)c5c(c4)oc4ccccc45)c23)C1. The van der Waals surface area contributed by atoms with E-state index >= 15 is 0 Å². The van der Waals surface area contributed by atoms with Crippen LogP contribution in [-0.4, -0.2) is 15.0 Å². The predicted molar refractivity (Wildman–Crippen MR) is 243 cm³/mol. The van der Waals surface area contributed by atoms with Gasteiger partial charge in [0, 0.05) is 55.6 Å². The first-order chi connectivity index (χ1) is 29.6. The highest BCUT2D eigenvalue weighted by Gasteiger charge is 2.24. The van der Waals surface area contributed by atoms with E-state index in [4.69, 9.17) is 28.2 Å². The Balaban J connectivity index is 1.10. The van der Waals surface area contributed by atoms with Gasteiger partial charge in [-0.25, -0.2) is 15.0 Å². The van der Waals surface area contributed by atoms with Crippen LogP contribution in [0.4, 0.5) is 0 Å². The highest BCUT2D eigenvalue weighted by molar-refractivity contribution is 6.15. The molecule has 0 bridgehead atoms. The number of aromatic nitrogens is 3. The van der Waals surface area contributed by atoms with Gasteiger partial charge in [0.2, 0.25) is 0 Å². The van der Waals surface area contributed by atoms with Crippen LogP contribution in [0.3, 0.4) is 0 Å². The number of allylic oxidation sites excluding steroid dienone is 1. The number of fused-ring (bicyclic) bond motifs is 12. The van der Waals surface area contributed by atoms with Crippen molar-refractivity contribution in [3.8, 4) is 45.3 Å². The minimum atomic E-state index is 0.418. The van der Waals surface area contributed by atoms with Gasteiger partial charge < -0.3 is 13.3 Å². The number of benzene rings is 8. The van der Waals surface area contributed by atoms with E-state index in [-0.39, 0.29) is 0 Å². The first kappa shape index (κ1) is 33.2. The maximum atomic E-state index is 6.68. The summed E-state index contributed by atoms with van der Waals surface area (Å²) >= 11 is 0. The quantitative estimate of drug-likeness (QED) is 0.166. The highest BCUT2D eigenvalue weighted by atomic mass is 16.3. The topological polar surface area (TPSA) is 78.1 Å². The fraction of sp³-hybridized carbons (Fsp3) is 0.0556. The van der Waals surface area contributed by atoms with Gasteiger partial charge in [-0.05, 0) is 93.2 Å². The summed E-state index contributed by atoms with van der Waals surface area (Å²) < 4.78 is 19.4. The van der Waals surface area contributed by atoms with E-state index in [0.29, 0.717) is 23.4 Å². The molecule has 0 aliphatic heterocycles. The van der Waals surface area contributed by atoms with Crippen molar-refractivity contribution in [2.45, 2.75) is 13.3 Å². The van der Waals surface area contributed by atoms with Crippen LogP contribution in [-0.2, 0) is 6.42 Å². The standard InChI is InChI=1S/C54H33N3O3/c1-30-17-23-40-48(25-30)60-47-16-8-13-37(50(40)47)35-28-43(51-39-12-5-7-15-45(39)59-49(51)29-35)54-56-52(33-21-20-32-19-18-31-9-2-3-10-36(31)41(32)26-33)55-53(57-54)34-22-24-46-42(27-34)38-11-4-6-14-44(38)58-46/h2-24,26-30H,25H2,1H3. The Morgan fingerprint density at radius 1 is 0.433 bits per heavy atom. The van der Waals surface area contributed by atoms with E-state index in [2.05, 4.69) is 128 Å². The van der Waals surface area contributed by atoms with E-state index < -0.39 is 0 Å². The summed E-state index contributed by atoms with van der Waals surface area (Å²) in [7, 11) is 0. The van der Waals surface area contributed by atoms with Crippen molar-refractivity contribution in [2.24, 2.45) is 5.92 Å². The molecule has 0 N–H and O–H groups in total. The molecule has 12 aromatic rings. The number of hydrogen-bond donors (Lipinski definition) is 0. The number of para-hydroxylation sites is 2. The summed E-state index contributed by atoms with van der Waals surface area (Å²) in [6.45, 7) is 2.22. The Labute approximate surface area is 343 Å². The molecule has 13 rings (SSSR count). The average molecular weight is 772 g/mol. The third-order valence-corrected chi connectivity index (χ3v) is 12.2. The molecular formula is C54H33N3O3. The van der Waals surface area contributed by atoms with Gasteiger partial charge in [-0.1, -0.05) is 116 Å². The van der Waals surface area contributed by atoms with Gasteiger partial charge in [-0.15, -0.1) is 0 Å². The van der Waals surface area contributed by atoms with Gasteiger partial charge in [0.25, 0.3) is 0 Å². The number of rotatable bonds is 4. The van der Waals surface area contributed by atoms with Crippen molar-refractivity contribution < 1.29 is 13.3 Å². The molecule has 1 unspecified atom stereocenters. The van der Waals surface area contributed by atoms with Gasteiger partial charge in [-0.2, -0.15) is 0 Å². The monoisotopic (exact) mass is 771 g/mol. The largest absolute Gasteiger partial charge is 0.460 e.